The predicted molar refractivity (Wildman–Crippen MR) is 64.8 cm³/mol. The van der Waals surface area contributed by atoms with Crippen LogP contribution >= 0.6 is 23.4 Å². The molecular weight excluding hydrogens is 234 g/mol. The van der Waals surface area contributed by atoms with Crippen LogP contribution in [0.15, 0.2) is 4.42 Å². The Morgan fingerprint density at radius 3 is 3.00 bits per heavy atom. The zero-order valence-electron chi connectivity index (χ0n) is 8.83. The van der Waals surface area contributed by atoms with Gasteiger partial charge in [-0.3, -0.25) is 0 Å². The molecule has 0 aromatic carbocycles. The van der Waals surface area contributed by atoms with Gasteiger partial charge in [-0.05, 0) is 24.9 Å². The van der Waals surface area contributed by atoms with Gasteiger partial charge >= 0.3 is 6.01 Å². The minimum absolute atomic E-state index is 0.499. The van der Waals surface area contributed by atoms with E-state index >= 15 is 0 Å². The number of aromatic nitrogens is 2. The van der Waals surface area contributed by atoms with Crippen molar-refractivity contribution >= 4 is 29.4 Å². The SMILES string of the molecule is CSCCCCNc1nnc(CCCl)o1. The Morgan fingerprint density at radius 2 is 2.27 bits per heavy atom. The summed E-state index contributed by atoms with van der Waals surface area (Å²) in [6.45, 7) is 0.878. The molecule has 0 aliphatic carbocycles. The van der Waals surface area contributed by atoms with Gasteiger partial charge in [0.25, 0.3) is 0 Å². The maximum Gasteiger partial charge on any atom is 0.315 e. The van der Waals surface area contributed by atoms with Crippen LogP contribution in [0.25, 0.3) is 0 Å². The Labute approximate surface area is 99.2 Å². The van der Waals surface area contributed by atoms with Crippen molar-refractivity contribution in [1.29, 1.82) is 0 Å². The van der Waals surface area contributed by atoms with Gasteiger partial charge in [-0.1, -0.05) is 5.10 Å². The fourth-order valence-corrected chi connectivity index (χ4v) is 1.73. The second-order valence-corrected chi connectivity index (χ2v) is 4.43. The Morgan fingerprint density at radius 1 is 1.40 bits per heavy atom. The summed E-state index contributed by atoms with van der Waals surface area (Å²) in [5.41, 5.74) is 0. The number of anilines is 1. The molecular formula is C9H16ClN3OS. The van der Waals surface area contributed by atoms with Gasteiger partial charge < -0.3 is 9.73 Å². The maximum absolute atomic E-state index is 5.56. The molecule has 0 bridgehead atoms. The van der Waals surface area contributed by atoms with E-state index in [4.69, 9.17) is 16.0 Å². The van der Waals surface area contributed by atoms with Gasteiger partial charge in [0.2, 0.25) is 5.89 Å². The molecule has 1 N–H and O–H groups in total. The third-order valence-electron chi connectivity index (χ3n) is 1.83. The normalized spacial score (nSPS) is 10.5. The van der Waals surface area contributed by atoms with Crippen molar-refractivity contribution < 1.29 is 4.42 Å². The Hall–Kier alpha value is -0.420. The monoisotopic (exact) mass is 249 g/mol. The molecule has 4 nitrogen and oxygen atoms in total. The lowest BCUT2D eigenvalue weighted by Gasteiger charge is -1.99. The number of rotatable bonds is 8. The standard InChI is InChI=1S/C9H16ClN3OS/c1-15-7-3-2-6-11-9-13-12-8(14-9)4-5-10/h2-7H2,1H3,(H,11,13). The Kier molecular flexibility index (Phi) is 6.59. The molecule has 1 aromatic rings. The van der Waals surface area contributed by atoms with Gasteiger partial charge in [0.15, 0.2) is 0 Å². The van der Waals surface area contributed by atoms with Crippen LogP contribution in [0.3, 0.4) is 0 Å². The number of nitrogens with zero attached hydrogens (tertiary/aromatic N) is 2. The summed E-state index contributed by atoms with van der Waals surface area (Å²) >= 11 is 7.42. The van der Waals surface area contributed by atoms with Crippen LogP contribution in [0.5, 0.6) is 0 Å². The first kappa shape index (κ1) is 12.6. The van der Waals surface area contributed by atoms with E-state index < -0.39 is 0 Å². The molecule has 0 amide bonds. The van der Waals surface area contributed by atoms with Gasteiger partial charge in [-0.15, -0.1) is 16.7 Å². The molecule has 6 heteroatoms. The van der Waals surface area contributed by atoms with E-state index in [1.54, 1.807) is 0 Å². The van der Waals surface area contributed by atoms with Gasteiger partial charge in [0.1, 0.15) is 0 Å². The molecule has 0 aliphatic heterocycles. The van der Waals surface area contributed by atoms with Crippen LogP contribution in [-0.4, -0.2) is 34.6 Å². The van der Waals surface area contributed by atoms with E-state index in [9.17, 15) is 0 Å². The summed E-state index contributed by atoms with van der Waals surface area (Å²) in [6.07, 6.45) is 5.07. The van der Waals surface area contributed by atoms with Gasteiger partial charge in [0.05, 0.1) is 0 Å². The smallest absolute Gasteiger partial charge is 0.315 e. The largest absolute Gasteiger partial charge is 0.408 e. The highest BCUT2D eigenvalue weighted by molar-refractivity contribution is 7.98. The van der Waals surface area contributed by atoms with Crippen LogP contribution < -0.4 is 5.32 Å². The Bertz CT molecular complexity index is 270. The molecule has 0 fully saturated rings. The van der Waals surface area contributed by atoms with E-state index in [1.807, 2.05) is 11.8 Å². The van der Waals surface area contributed by atoms with Crippen LogP contribution in [0.2, 0.25) is 0 Å². The second kappa shape index (κ2) is 7.82. The van der Waals surface area contributed by atoms with Gasteiger partial charge in [-0.25, -0.2) is 0 Å². The summed E-state index contributed by atoms with van der Waals surface area (Å²) in [6, 6.07) is 0.499. The van der Waals surface area contributed by atoms with Crippen molar-refractivity contribution in [3.05, 3.63) is 5.89 Å². The van der Waals surface area contributed by atoms with Crippen molar-refractivity contribution in [3.8, 4) is 0 Å². The number of hydrogen-bond acceptors (Lipinski definition) is 5. The van der Waals surface area contributed by atoms with Crippen molar-refractivity contribution in [3.63, 3.8) is 0 Å². The minimum atomic E-state index is 0.499. The summed E-state index contributed by atoms with van der Waals surface area (Å²) in [5, 5.41) is 10.8. The zero-order chi connectivity index (χ0) is 10.9. The predicted octanol–water partition coefficient (Wildman–Crippen LogP) is 2.41. The lowest BCUT2D eigenvalue weighted by molar-refractivity contribution is 0.511. The van der Waals surface area contributed by atoms with E-state index in [0.717, 1.165) is 13.0 Å². The van der Waals surface area contributed by atoms with Gasteiger partial charge in [-0.2, -0.15) is 11.8 Å². The van der Waals surface area contributed by atoms with Crippen LogP contribution in [0.1, 0.15) is 18.7 Å². The molecule has 0 unspecified atom stereocenters. The first-order chi connectivity index (χ1) is 7.36. The molecule has 15 heavy (non-hydrogen) atoms. The topological polar surface area (TPSA) is 51.0 Å². The molecule has 0 atom stereocenters. The van der Waals surface area contributed by atoms with Crippen LogP contribution in [-0.2, 0) is 6.42 Å². The van der Waals surface area contributed by atoms with E-state index in [2.05, 4.69) is 21.8 Å². The number of aryl methyl sites for hydroxylation is 1. The van der Waals surface area contributed by atoms with Crippen LogP contribution in [0.4, 0.5) is 6.01 Å². The zero-order valence-corrected chi connectivity index (χ0v) is 10.4. The lowest BCUT2D eigenvalue weighted by Crippen LogP contribution is -2.01. The number of alkyl halides is 1. The number of thioether (sulfide) groups is 1. The summed E-state index contributed by atoms with van der Waals surface area (Å²) < 4.78 is 5.31. The third kappa shape index (κ3) is 5.28. The number of halogens is 1. The molecule has 1 heterocycles. The maximum atomic E-state index is 5.56. The molecule has 0 spiro atoms. The minimum Gasteiger partial charge on any atom is -0.408 e. The summed E-state index contributed by atoms with van der Waals surface area (Å²) in [4.78, 5) is 0. The summed E-state index contributed by atoms with van der Waals surface area (Å²) in [7, 11) is 0. The second-order valence-electron chi connectivity index (χ2n) is 3.07. The Balaban J connectivity index is 2.14. The summed E-state index contributed by atoms with van der Waals surface area (Å²) in [5.74, 6) is 2.30. The average molecular weight is 250 g/mol. The average Bonchev–Trinajstić information content (AvgIpc) is 2.66. The van der Waals surface area contributed by atoms with Crippen molar-refractivity contribution in [2.24, 2.45) is 0 Å². The van der Waals surface area contributed by atoms with E-state index in [1.165, 1.54) is 12.2 Å². The van der Waals surface area contributed by atoms with Gasteiger partial charge in [0, 0.05) is 18.8 Å². The fraction of sp³-hybridized carbons (Fsp3) is 0.778. The van der Waals surface area contributed by atoms with E-state index in [-0.39, 0.29) is 0 Å². The number of hydrogen-bond donors (Lipinski definition) is 1. The first-order valence-electron chi connectivity index (χ1n) is 4.98. The van der Waals surface area contributed by atoms with Crippen molar-refractivity contribution in [2.45, 2.75) is 19.3 Å². The quantitative estimate of drug-likeness (QED) is 0.566. The molecule has 1 aromatic heterocycles. The molecule has 0 saturated heterocycles. The number of unbranched alkanes of at least 4 members (excludes halogenated alkanes) is 1. The third-order valence-corrected chi connectivity index (χ3v) is 2.71. The highest BCUT2D eigenvalue weighted by Crippen LogP contribution is 2.07. The molecule has 1 rings (SSSR count). The van der Waals surface area contributed by atoms with Crippen LogP contribution in [0, 0.1) is 0 Å². The molecule has 0 saturated carbocycles. The fourth-order valence-electron chi connectivity index (χ4n) is 1.07. The van der Waals surface area contributed by atoms with Crippen molar-refractivity contribution in [2.75, 3.05) is 29.8 Å². The van der Waals surface area contributed by atoms with E-state index in [0.29, 0.717) is 24.2 Å². The lowest BCUT2D eigenvalue weighted by atomic mass is 10.3. The van der Waals surface area contributed by atoms with Crippen molar-refractivity contribution in [1.82, 2.24) is 10.2 Å². The molecule has 0 aliphatic rings. The highest BCUT2D eigenvalue weighted by atomic mass is 35.5. The highest BCUT2D eigenvalue weighted by Gasteiger charge is 2.03. The number of nitrogens with one attached hydrogen (secondary N) is 1. The first-order valence-corrected chi connectivity index (χ1v) is 6.91. The molecule has 86 valence electrons. The molecule has 0 radical (unpaired) electrons.